The van der Waals surface area contributed by atoms with Gasteiger partial charge in [-0.25, -0.2) is 14.6 Å². The van der Waals surface area contributed by atoms with E-state index in [-0.39, 0.29) is 16.8 Å². The molecule has 2 aromatic rings. The summed E-state index contributed by atoms with van der Waals surface area (Å²) in [7, 11) is 1.22. The molecule has 2 aromatic heterocycles. The first-order valence-corrected chi connectivity index (χ1v) is 6.56. The number of nitrogens with zero attached hydrogens (tertiary/aromatic N) is 2. The number of carbonyl (C=O) groups is 3. The molecule has 0 unspecified atom stereocenters. The average molecular weight is 304 g/mol. The number of carbonyl (C=O) groups excluding carboxylic acids is 3. The van der Waals surface area contributed by atoms with Gasteiger partial charge in [0.05, 0.1) is 18.1 Å². The molecule has 7 heteroatoms. The average Bonchev–Trinajstić information content (AvgIpc) is 2.87. The van der Waals surface area contributed by atoms with Crippen molar-refractivity contribution in [2.75, 3.05) is 7.11 Å². The highest BCUT2D eigenvalue weighted by molar-refractivity contribution is 6.02. The molecular formula is C15H16N2O5. The van der Waals surface area contributed by atoms with Crippen LogP contribution < -0.4 is 0 Å². The fourth-order valence-corrected chi connectivity index (χ4v) is 1.94. The first kappa shape index (κ1) is 15.7. The maximum Gasteiger partial charge on any atom is 0.419 e. The van der Waals surface area contributed by atoms with Crippen LogP contribution in [0, 0.1) is 0 Å². The standard InChI is InChI=1S/C15H16N2O5/c1-15(2,3)22-14(20)17-6-5-10-12(17)9(8-18)7-11(16-10)13(19)21-4/h5-8H,1-4H3. The molecular weight excluding hydrogens is 288 g/mol. The molecule has 0 atom stereocenters. The van der Waals surface area contributed by atoms with Gasteiger partial charge in [-0.2, -0.15) is 0 Å². The van der Waals surface area contributed by atoms with Gasteiger partial charge in [0.1, 0.15) is 11.3 Å². The van der Waals surface area contributed by atoms with Crippen LogP contribution in [0.25, 0.3) is 11.0 Å². The summed E-state index contributed by atoms with van der Waals surface area (Å²) in [5.41, 5.74) is 0.0991. The summed E-state index contributed by atoms with van der Waals surface area (Å²) in [6, 6.07) is 2.81. The van der Waals surface area contributed by atoms with Crippen molar-refractivity contribution in [2.45, 2.75) is 26.4 Å². The topological polar surface area (TPSA) is 87.5 Å². The van der Waals surface area contributed by atoms with E-state index >= 15 is 0 Å². The maximum atomic E-state index is 12.2. The Labute approximate surface area is 126 Å². The number of aromatic nitrogens is 2. The van der Waals surface area contributed by atoms with E-state index in [1.54, 1.807) is 20.8 Å². The molecule has 0 amide bonds. The Morgan fingerprint density at radius 2 is 2.00 bits per heavy atom. The first-order valence-electron chi connectivity index (χ1n) is 6.56. The van der Waals surface area contributed by atoms with Crippen LogP contribution in [0.5, 0.6) is 0 Å². The summed E-state index contributed by atoms with van der Waals surface area (Å²) < 4.78 is 11.1. The van der Waals surface area contributed by atoms with E-state index in [9.17, 15) is 14.4 Å². The van der Waals surface area contributed by atoms with Gasteiger partial charge in [0.25, 0.3) is 0 Å². The molecule has 0 bridgehead atoms. The highest BCUT2D eigenvalue weighted by atomic mass is 16.6. The first-order chi connectivity index (χ1) is 10.3. The molecule has 0 N–H and O–H groups in total. The van der Waals surface area contributed by atoms with E-state index in [1.165, 1.54) is 30.0 Å². The second-order valence-corrected chi connectivity index (χ2v) is 5.61. The van der Waals surface area contributed by atoms with Crippen molar-refractivity contribution in [3.63, 3.8) is 0 Å². The van der Waals surface area contributed by atoms with E-state index in [0.717, 1.165) is 0 Å². The lowest BCUT2D eigenvalue weighted by molar-refractivity contribution is 0.0543. The molecule has 0 spiro atoms. The summed E-state index contributed by atoms with van der Waals surface area (Å²) in [5, 5.41) is 0. The van der Waals surface area contributed by atoms with Crippen LogP contribution in [0.2, 0.25) is 0 Å². The molecule has 0 aromatic carbocycles. The number of fused-ring (bicyclic) bond motifs is 1. The lowest BCUT2D eigenvalue weighted by Gasteiger charge is -2.20. The van der Waals surface area contributed by atoms with Crippen molar-refractivity contribution < 1.29 is 23.9 Å². The van der Waals surface area contributed by atoms with Gasteiger partial charge in [-0.1, -0.05) is 0 Å². The summed E-state index contributed by atoms with van der Waals surface area (Å²) >= 11 is 0. The van der Waals surface area contributed by atoms with E-state index in [4.69, 9.17) is 4.74 Å². The fourth-order valence-electron chi connectivity index (χ4n) is 1.94. The van der Waals surface area contributed by atoms with Crippen molar-refractivity contribution in [3.8, 4) is 0 Å². The lowest BCUT2D eigenvalue weighted by atomic mass is 10.2. The molecule has 0 aliphatic rings. The Hall–Kier alpha value is -2.70. The normalized spacial score (nSPS) is 11.3. The molecule has 2 heterocycles. The summed E-state index contributed by atoms with van der Waals surface area (Å²) in [4.78, 5) is 39.1. The zero-order chi connectivity index (χ0) is 16.5. The number of methoxy groups -OCH3 is 1. The number of rotatable bonds is 2. The van der Waals surface area contributed by atoms with E-state index in [0.29, 0.717) is 11.8 Å². The Balaban J connectivity index is 2.58. The smallest absolute Gasteiger partial charge is 0.419 e. The second-order valence-electron chi connectivity index (χ2n) is 5.61. The van der Waals surface area contributed by atoms with Gasteiger partial charge < -0.3 is 9.47 Å². The predicted molar refractivity (Wildman–Crippen MR) is 78.1 cm³/mol. The van der Waals surface area contributed by atoms with Crippen LogP contribution in [-0.4, -0.2) is 40.6 Å². The Bertz CT molecular complexity index is 755. The van der Waals surface area contributed by atoms with Crippen LogP contribution in [0.4, 0.5) is 4.79 Å². The lowest BCUT2D eigenvalue weighted by Crippen LogP contribution is -2.27. The fraction of sp³-hybridized carbons (Fsp3) is 0.333. The molecule has 116 valence electrons. The Morgan fingerprint density at radius 1 is 1.32 bits per heavy atom. The van der Waals surface area contributed by atoms with Crippen molar-refractivity contribution in [1.82, 2.24) is 9.55 Å². The number of hydrogen-bond donors (Lipinski definition) is 0. The summed E-state index contributed by atoms with van der Waals surface area (Å²) in [5.74, 6) is -0.657. The van der Waals surface area contributed by atoms with Gasteiger partial charge in [0.15, 0.2) is 6.29 Å². The SMILES string of the molecule is COC(=O)c1cc(C=O)c2c(ccn2C(=O)OC(C)(C)C)n1. The maximum absolute atomic E-state index is 12.2. The highest BCUT2D eigenvalue weighted by Gasteiger charge is 2.22. The van der Waals surface area contributed by atoms with Gasteiger partial charge in [-0.3, -0.25) is 9.36 Å². The number of pyridine rings is 1. The van der Waals surface area contributed by atoms with Gasteiger partial charge in [-0.05, 0) is 32.9 Å². The zero-order valence-corrected chi connectivity index (χ0v) is 12.7. The van der Waals surface area contributed by atoms with Crippen LogP contribution in [0.3, 0.4) is 0 Å². The Kier molecular flexibility index (Phi) is 3.99. The predicted octanol–water partition coefficient (Wildman–Crippen LogP) is 2.42. The second kappa shape index (κ2) is 5.59. The minimum atomic E-state index is -0.672. The molecule has 0 aliphatic carbocycles. The highest BCUT2D eigenvalue weighted by Crippen LogP contribution is 2.21. The Morgan fingerprint density at radius 3 is 2.55 bits per heavy atom. The van der Waals surface area contributed by atoms with Crippen LogP contribution in [0.15, 0.2) is 18.3 Å². The third-order valence-electron chi connectivity index (χ3n) is 2.78. The van der Waals surface area contributed by atoms with Crippen LogP contribution in [-0.2, 0) is 9.47 Å². The minimum absolute atomic E-state index is 0.000890. The van der Waals surface area contributed by atoms with Crippen LogP contribution >= 0.6 is 0 Å². The minimum Gasteiger partial charge on any atom is -0.464 e. The number of esters is 1. The van der Waals surface area contributed by atoms with Gasteiger partial charge in [0.2, 0.25) is 0 Å². The largest absolute Gasteiger partial charge is 0.464 e. The van der Waals surface area contributed by atoms with Crippen molar-refractivity contribution in [2.24, 2.45) is 0 Å². The van der Waals surface area contributed by atoms with Gasteiger partial charge in [-0.15, -0.1) is 0 Å². The third-order valence-corrected chi connectivity index (χ3v) is 2.78. The van der Waals surface area contributed by atoms with Crippen LogP contribution in [0.1, 0.15) is 41.6 Å². The quantitative estimate of drug-likeness (QED) is 0.625. The molecule has 0 fully saturated rings. The number of hydrogen-bond acceptors (Lipinski definition) is 6. The molecule has 0 saturated heterocycles. The number of aldehydes is 1. The van der Waals surface area contributed by atoms with E-state index < -0.39 is 17.7 Å². The molecule has 22 heavy (non-hydrogen) atoms. The van der Waals surface area contributed by atoms with E-state index in [2.05, 4.69) is 9.72 Å². The van der Waals surface area contributed by atoms with Gasteiger partial charge >= 0.3 is 12.1 Å². The van der Waals surface area contributed by atoms with Crippen molar-refractivity contribution in [1.29, 1.82) is 0 Å². The number of ether oxygens (including phenoxy) is 2. The zero-order valence-electron chi connectivity index (χ0n) is 12.7. The van der Waals surface area contributed by atoms with E-state index in [1.807, 2.05) is 0 Å². The van der Waals surface area contributed by atoms with Crippen molar-refractivity contribution in [3.05, 3.63) is 29.6 Å². The summed E-state index contributed by atoms with van der Waals surface area (Å²) in [6.07, 6.45) is 1.37. The molecule has 0 aliphatic heterocycles. The molecule has 2 rings (SSSR count). The molecule has 0 radical (unpaired) electrons. The van der Waals surface area contributed by atoms with Crippen molar-refractivity contribution >= 4 is 29.4 Å². The molecule has 7 nitrogen and oxygen atoms in total. The third kappa shape index (κ3) is 2.98. The monoisotopic (exact) mass is 304 g/mol. The summed E-state index contributed by atoms with van der Waals surface area (Å²) in [6.45, 7) is 5.22. The van der Waals surface area contributed by atoms with Gasteiger partial charge in [0, 0.05) is 11.8 Å². The molecule has 0 saturated carbocycles.